The Morgan fingerprint density at radius 3 is 2.68 bits per heavy atom. The van der Waals surface area contributed by atoms with Gasteiger partial charge < -0.3 is 15.2 Å². The van der Waals surface area contributed by atoms with Gasteiger partial charge in [-0.2, -0.15) is 0 Å². The molecule has 1 saturated carbocycles. The molecule has 0 aliphatic heterocycles. The first-order chi connectivity index (χ1) is 10.6. The molecule has 1 aliphatic rings. The van der Waals surface area contributed by atoms with Crippen LogP contribution in [-0.4, -0.2) is 30.4 Å². The molecule has 22 heavy (non-hydrogen) atoms. The molecule has 124 valence electrons. The second kappa shape index (κ2) is 8.54. The van der Waals surface area contributed by atoms with Crippen LogP contribution in [-0.2, 0) is 0 Å². The van der Waals surface area contributed by atoms with Crippen molar-refractivity contribution in [3.05, 3.63) is 29.8 Å². The highest BCUT2D eigenvalue weighted by Gasteiger charge is 2.24. The van der Waals surface area contributed by atoms with Crippen molar-refractivity contribution in [3.8, 4) is 5.75 Å². The molecule has 0 radical (unpaired) electrons. The van der Waals surface area contributed by atoms with Crippen LogP contribution in [0.4, 0.5) is 0 Å². The monoisotopic (exact) mass is 306 g/mol. The molecule has 2 rings (SSSR count). The summed E-state index contributed by atoms with van der Waals surface area (Å²) in [6.07, 6.45) is 4.90. The second-order valence-corrected chi connectivity index (χ2v) is 7.05. The molecule has 1 aliphatic carbocycles. The Hall–Kier alpha value is -1.06. The van der Waals surface area contributed by atoms with Gasteiger partial charge in [0.1, 0.15) is 25.0 Å². The van der Waals surface area contributed by atoms with Crippen LogP contribution >= 0.6 is 0 Å². The smallest absolute Gasteiger partial charge is 0.137 e. The topological polar surface area (TPSA) is 46.1 Å². The van der Waals surface area contributed by atoms with E-state index in [-0.39, 0.29) is 0 Å². The van der Waals surface area contributed by atoms with E-state index in [0.717, 1.165) is 18.2 Å². The number of rotatable bonds is 7. The fourth-order valence-corrected chi connectivity index (χ4v) is 3.37. The van der Waals surface area contributed by atoms with Gasteiger partial charge in [-0.3, -0.25) is 0 Å². The maximum Gasteiger partial charge on any atom is 0.137 e. The number of aliphatic hydroxyl groups excluding tert-OH is 1. The zero-order valence-electron chi connectivity index (χ0n) is 14.3. The summed E-state index contributed by atoms with van der Waals surface area (Å²) in [7, 11) is 0. The number of hydrogen-bond donors (Lipinski definition) is 2. The first-order valence-electron chi connectivity index (χ1n) is 8.81. The van der Waals surface area contributed by atoms with Gasteiger partial charge in [0.25, 0.3) is 0 Å². The maximum absolute atomic E-state index is 10.2. The van der Waals surface area contributed by atoms with Crippen LogP contribution in [0.3, 0.4) is 0 Å². The summed E-state index contributed by atoms with van der Waals surface area (Å²) in [5.41, 5.74) is 1.21. The van der Waals surface area contributed by atoms with Crippen molar-refractivity contribution in [2.24, 2.45) is 5.92 Å². The largest absolute Gasteiger partial charge is 0.490 e. The lowest BCUT2D eigenvalue weighted by Gasteiger charge is -2.27. The molecular weight excluding hydrogens is 274 g/mol. The predicted octanol–water partition coefficient (Wildman–Crippen LogP) is 2.69. The van der Waals surface area contributed by atoms with Crippen LogP contribution in [0.15, 0.2) is 24.3 Å². The third-order valence-electron chi connectivity index (χ3n) is 4.86. The van der Waals surface area contributed by atoms with Crippen molar-refractivity contribution in [1.82, 2.24) is 0 Å². The molecule has 3 atom stereocenters. The van der Waals surface area contributed by atoms with Crippen molar-refractivity contribution >= 4 is 0 Å². The molecule has 1 fully saturated rings. The summed E-state index contributed by atoms with van der Waals surface area (Å²) in [6, 6.07) is 8.80. The van der Waals surface area contributed by atoms with E-state index in [1.165, 1.54) is 31.2 Å². The lowest BCUT2D eigenvalue weighted by molar-refractivity contribution is -0.703. The van der Waals surface area contributed by atoms with E-state index in [0.29, 0.717) is 18.6 Å². The molecule has 0 saturated heterocycles. The molecule has 3 nitrogen and oxygen atoms in total. The number of nitrogens with two attached hydrogens (primary N) is 1. The van der Waals surface area contributed by atoms with E-state index in [4.69, 9.17) is 4.74 Å². The Labute approximate surface area is 135 Å². The van der Waals surface area contributed by atoms with Gasteiger partial charge in [0.05, 0.1) is 6.04 Å². The van der Waals surface area contributed by atoms with Gasteiger partial charge in [0.15, 0.2) is 0 Å². The minimum atomic E-state index is -0.408. The maximum atomic E-state index is 10.2. The van der Waals surface area contributed by atoms with E-state index in [1.807, 2.05) is 18.2 Å². The Morgan fingerprint density at radius 2 is 1.95 bits per heavy atom. The zero-order chi connectivity index (χ0) is 15.9. The quantitative estimate of drug-likeness (QED) is 0.813. The van der Waals surface area contributed by atoms with E-state index in [1.54, 1.807) is 0 Å². The third kappa shape index (κ3) is 4.99. The molecule has 1 aromatic rings. The Balaban J connectivity index is 1.77. The van der Waals surface area contributed by atoms with Crippen LogP contribution in [0.5, 0.6) is 5.75 Å². The van der Waals surface area contributed by atoms with Crippen molar-refractivity contribution < 1.29 is 15.2 Å². The van der Waals surface area contributed by atoms with E-state index in [2.05, 4.69) is 32.2 Å². The van der Waals surface area contributed by atoms with Crippen LogP contribution in [0.1, 0.15) is 57.9 Å². The fraction of sp³-hybridized carbons (Fsp3) is 0.684. The highest BCUT2D eigenvalue weighted by molar-refractivity contribution is 5.35. The molecular formula is C19H32NO2+. The van der Waals surface area contributed by atoms with Gasteiger partial charge >= 0.3 is 0 Å². The van der Waals surface area contributed by atoms with E-state index in [9.17, 15) is 5.11 Å². The number of ether oxygens (including phenoxy) is 1. The lowest BCUT2D eigenvalue weighted by Crippen LogP contribution is -2.93. The molecule has 0 heterocycles. The van der Waals surface area contributed by atoms with Gasteiger partial charge in [-0.25, -0.2) is 0 Å². The Morgan fingerprint density at radius 1 is 1.23 bits per heavy atom. The molecule has 3 heteroatoms. The zero-order valence-corrected chi connectivity index (χ0v) is 14.3. The number of aliphatic hydroxyl groups is 1. The van der Waals surface area contributed by atoms with Gasteiger partial charge in [0.2, 0.25) is 0 Å². The molecule has 0 unspecified atom stereocenters. The molecule has 0 aromatic heterocycles. The summed E-state index contributed by atoms with van der Waals surface area (Å²) in [5.74, 6) is 2.11. The van der Waals surface area contributed by atoms with Crippen LogP contribution in [0.25, 0.3) is 0 Å². The fourth-order valence-electron chi connectivity index (χ4n) is 3.37. The van der Waals surface area contributed by atoms with Gasteiger partial charge in [-0.1, -0.05) is 45.4 Å². The number of benzene rings is 1. The minimum absolute atomic E-state index is 0.376. The van der Waals surface area contributed by atoms with Gasteiger partial charge in [0, 0.05) is 5.92 Å². The molecule has 0 bridgehead atoms. The summed E-state index contributed by atoms with van der Waals surface area (Å²) in [6.45, 7) is 7.77. The number of para-hydroxylation sites is 1. The van der Waals surface area contributed by atoms with Gasteiger partial charge in [-0.15, -0.1) is 0 Å². The standard InChI is InChI=1S/C19H31NO2/c1-14(2)17-9-5-7-11-19(17)22-13-16(21)12-20-18-10-6-4-8-15(18)3/h5,7,9,11,14-16,18,20-21H,4,6,8,10,12-13H2,1-3H3/p+1/t15-,16-,18+/m0/s1. The van der Waals surface area contributed by atoms with Crippen molar-refractivity contribution in [2.45, 2.75) is 64.5 Å². The highest BCUT2D eigenvalue weighted by atomic mass is 16.5. The van der Waals surface area contributed by atoms with Crippen molar-refractivity contribution in [2.75, 3.05) is 13.2 Å². The molecule has 0 spiro atoms. The normalized spacial score (nSPS) is 23.5. The first kappa shape index (κ1) is 17.3. The Kier molecular flexibility index (Phi) is 6.71. The predicted molar refractivity (Wildman–Crippen MR) is 90.2 cm³/mol. The van der Waals surface area contributed by atoms with Gasteiger partial charge in [-0.05, 0) is 36.8 Å². The highest BCUT2D eigenvalue weighted by Crippen LogP contribution is 2.25. The van der Waals surface area contributed by atoms with Crippen LogP contribution in [0.2, 0.25) is 0 Å². The van der Waals surface area contributed by atoms with E-state index < -0.39 is 6.10 Å². The summed E-state index contributed by atoms with van der Waals surface area (Å²) >= 11 is 0. The Bertz CT molecular complexity index is 447. The lowest BCUT2D eigenvalue weighted by atomic mass is 9.86. The number of quaternary nitrogens is 1. The second-order valence-electron chi connectivity index (χ2n) is 7.05. The van der Waals surface area contributed by atoms with Crippen molar-refractivity contribution in [3.63, 3.8) is 0 Å². The first-order valence-corrected chi connectivity index (χ1v) is 8.81. The number of hydrogen-bond acceptors (Lipinski definition) is 2. The average Bonchev–Trinajstić information content (AvgIpc) is 2.52. The molecule has 1 aromatic carbocycles. The van der Waals surface area contributed by atoms with Crippen LogP contribution < -0.4 is 10.1 Å². The summed E-state index contributed by atoms with van der Waals surface area (Å²) < 4.78 is 5.86. The van der Waals surface area contributed by atoms with E-state index >= 15 is 0 Å². The minimum Gasteiger partial charge on any atom is -0.490 e. The third-order valence-corrected chi connectivity index (χ3v) is 4.86. The molecule has 0 amide bonds. The SMILES string of the molecule is CC(C)c1ccccc1OC[C@@H](O)C[NH2+][C@@H]1CCCC[C@@H]1C. The average molecular weight is 306 g/mol. The summed E-state index contributed by atoms with van der Waals surface area (Å²) in [4.78, 5) is 0. The summed E-state index contributed by atoms with van der Waals surface area (Å²) in [5, 5.41) is 12.5. The van der Waals surface area contributed by atoms with Crippen LogP contribution in [0, 0.1) is 5.92 Å². The molecule has 3 N–H and O–H groups in total. The van der Waals surface area contributed by atoms with Crippen molar-refractivity contribution in [1.29, 1.82) is 0 Å².